The van der Waals surface area contributed by atoms with E-state index in [-0.39, 0.29) is 105 Å². The van der Waals surface area contributed by atoms with Gasteiger partial charge >= 0.3 is 6.01 Å². The molecule has 416 valence electrons. The van der Waals surface area contributed by atoms with Gasteiger partial charge in [0.2, 0.25) is 11.8 Å². The lowest BCUT2D eigenvalue weighted by atomic mass is 9.91. The van der Waals surface area contributed by atoms with Crippen molar-refractivity contribution in [3.8, 4) is 52.4 Å². The van der Waals surface area contributed by atoms with Crippen LogP contribution in [0.15, 0.2) is 83.5 Å². The minimum atomic E-state index is -0.930. The maximum Gasteiger partial charge on any atom is 0.319 e. The number of aromatic nitrogens is 4. The van der Waals surface area contributed by atoms with Crippen molar-refractivity contribution in [3.05, 3.63) is 118 Å². The average molecular weight is 1110 g/mol. The van der Waals surface area contributed by atoms with Crippen LogP contribution in [-0.2, 0) is 9.59 Å². The van der Waals surface area contributed by atoms with Crippen molar-refractivity contribution in [2.45, 2.75) is 89.1 Å². The van der Waals surface area contributed by atoms with Gasteiger partial charge in [-0.3, -0.25) is 19.5 Å². The highest BCUT2D eigenvalue weighted by Crippen LogP contribution is 2.40. The van der Waals surface area contributed by atoms with Gasteiger partial charge in [0.05, 0.1) is 34.7 Å². The molecular weight excluding hydrogens is 1050 g/mol. The number of ether oxygens (including phenoxy) is 2. The van der Waals surface area contributed by atoms with Crippen LogP contribution in [0.5, 0.6) is 17.6 Å². The zero-order valence-electron chi connectivity index (χ0n) is 44.5. The highest BCUT2D eigenvalue weighted by Gasteiger charge is 2.44. The van der Waals surface area contributed by atoms with E-state index in [1.807, 2.05) is 20.8 Å². The largest absolute Gasteiger partial charge is 0.508 e. The summed E-state index contributed by atoms with van der Waals surface area (Å²) in [7, 11) is 0. The highest BCUT2D eigenvalue weighted by atomic mass is 35.5. The van der Waals surface area contributed by atoms with Crippen LogP contribution in [0.3, 0.4) is 0 Å². The zero-order chi connectivity index (χ0) is 55.9. The van der Waals surface area contributed by atoms with E-state index in [2.05, 4.69) is 41.5 Å². The van der Waals surface area contributed by atoms with Gasteiger partial charge in [0.1, 0.15) is 53.0 Å². The number of nitrogens with one attached hydrogen (secondary N) is 2. The van der Waals surface area contributed by atoms with Crippen LogP contribution in [-0.4, -0.2) is 129 Å². The second-order valence-electron chi connectivity index (χ2n) is 21.8. The molecule has 7 heterocycles. The van der Waals surface area contributed by atoms with E-state index >= 15 is 8.78 Å². The Morgan fingerprint density at radius 1 is 0.950 bits per heavy atom. The van der Waals surface area contributed by atoms with Crippen LogP contribution >= 0.6 is 11.6 Å². The number of phenolic OH excluding ortho intramolecular Hbond substituents is 1. The van der Waals surface area contributed by atoms with Crippen molar-refractivity contribution in [1.82, 2.24) is 40.5 Å². The molecule has 0 spiro atoms. The first-order valence-electron chi connectivity index (χ1n) is 27.2. The van der Waals surface area contributed by atoms with Gasteiger partial charge in [-0.05, 0) is 110 Å². The van der Waals surface area contributed by atoms with E-state index in [1.54, 1.807) is 42.5 Å². The fraction of sp³-hybridized carbons (Fsp3) is 0.400. The molecule has 20 heteroatoms. The van der Waals surface area contributed by atoms with Crippen LogP contribution in [0, 0.1) is 41.6 Å². The standard InChI is InChI=1S/C60H61ClF3N9O7/c1-5-42-46(62)16-13-37-23-40(74)24-43(52(37)42)55-54(64)56-44(27-65-55)57(72-28-38-14-15-39(29-72)67-38)69-60(68-56)78-22-21-71-19-17-34(18-20-71)31-79-50-26-49(80-70-50)51(32(2)3)59(77)73-30-41(75)25-48(73)58(76)66-33(4)35-9-11-36(12-10-35)53-45(61)7-6-8-47(53)63/h1,6-13,16,23-24,26-27,32-34,38-39,41,48,51,67,74-75H,14-15,17-22,25,28-31H2,2-4H3,(H,66,76)/t33-,38?,39?,41+,48-,51+/m0/s1. The molecule has 3 aromatic heterocycles. The predicted molar refractivity (Wildman–Crippen MR) is 296 cm³/mol. The first-order valence-corrected chi connectivity index (χ1v) is 27.6. The van der Waals surface area contributed by atoms with Crippen molar-refractivity contribution < 1.29 is 47.0 Å². The molecule has 4 aliphatic heterocycles. The first-order chi connectivity index (χ1) is 38.6. The third-order valence-corrected chi connectivity index (χ3v) is 16.4. The number of β-amino-alcohol motifs (C(OH)–C–C–N with tert-alkyl or cyclic N) is 1. The number of hydrogen-bond donors (Lipinski definition) is 4. The van der Waals surface area contributed by atoms with Crippen LogP contribution in [0.4, 0.5) is 19.0 Å². The molecule has 4 N–H and O–H groups in total. The first kappa shape index (κ1) is 54.5. The molecule has 4 aromatic carbocycles. The number of nitrogens with zero attached hydrogens (tertiary/aromatic N) is 7. The molecule has 6 atom stereocenters. The molecule has 2 unspecified atom stereocenters. The lowest BCUT2D eigenvalue weighted by molar-refractivity contribution is -0.141. The fourth-order valence-electron chi connectivity index (χ4n) is 11.9. The monoisotopic (exact) mass is 1110 g/mol. The normalized spacial score (nSPS) is 20.4. The van der Waals surface area contributed by atoms with Crippen LogP contribution in [0.2, 0.25) is 5.02 Å². The molecule has 11 rings (SSSR count). The Kier molecular flexibility index (Phi) is 15.6. The Morgan fingerprint density at radius 2 is 1.71 bits per heavy atom. The summed E-state index contributed by atoms with van der Waals surface area (Å²) in [5.41, 5.74) is 1.52. The number of amides is 2. The molecule has 4 aliphatic rings. The third-order valence-electron chi connectivity index (χ3n) is 16.1. The summed E-state index contributed by atoms with van der Waals surface area (Å²) >= 11 is 6.28. The molecule has 0 saturated carbocycles. The zero-order valence-corrected chi connectivity index (χ0v) is 45.2. The molecule has 2 amide bonds. The van der Waals surface area contributed by atoms with Gasteiger partial charge in [0.25, 0.3) is 5.88 Å². The van der Waals surface area contributed by atoms with E-state index in [4.69, 9.17) is 37.0 Å². The second kappa shape index (κ2) is 22.9. The van der Waals surface area contributed by atoms with Gasteiger partial charge in [0, 0.05) is 73.5 Å². The van der Waals surface area contributed by atoms with Gasteiger partial charge in [-0.1, -0.05) is 67.8 Å². The maximum atomic E-state index is 17.1. The third kappa shape index (κ3) is 11.1. The van der Waals surface area contributed by atoms with Crippen molar-refractivity contribution >= 4 is 50.9 Å². The number of pyridine rings is 1. The molecule has 0 aliphatic carbocycles. The summed E-state index contributed by atoms with van der Waals surface area (Å²) < 4.78 is 64.8. The number of benzene rings is 4. The molecular formula is C60H61ClF3N9O7. The van der Waals surface area contributed by atoms with Gasteiger partial charge < -0.3 is 44.6 Å². The van der Waals surface area contributed by atoms with Gasteiger partial charge in [-0.2, -0.15) is 9.97 Å². The summed E-state index contributed by atoms with van der Waals surface area (Å²) in [6, 6.07) is 17.8. The summed E-state index contributed by atoms with van der Waals surface area (Å²) in [6.07, 6.45) is 10.1. The van der Waals surface area contributed by atoms with Crippen molar-refractivity contribution in [3.63, 3.8) is 0 Å². The van der Waals surface area contributed by atoms with E-state index in [0.29, 0.717) is 54.2 Å². The Labute approximate surface area is 465 Å². The van der Waals surface area contributed by atoms with Gasteiger partial charge in [-0.25, -0.2) is 13.2 Å². The SMILES string of the molecule is C#Cc1c(F)ccc2cc(O)cc(-c3ncc4c(N5CC6CCC(C5)N6)nc(OCCN5CCC(COc6cc([C@H](C(=O)N7C[C@H](O)C[C@H]7C(=O)N[C@@H](C)c7ccc(-c8c(F)cccc8Cl)cc7)C(C)C)on6)CC5)nc4c3F)c12. The molecule has 80 heavy (non-hydrogen) atoms. The number of aliphatic hydroxyl groups excluding tert-OH is 1. The number of likely N-dealkylation sites (tertiary alicyclic amines) is 2. The number of piperazine rings is 1. The number of halogens is 4. The number of fused-ring (bicyclic) bond motifs is 4. The van der Waals surface area contributed by atoms with Crippen LogP contribution in [0.1, 0.15) is 81.7 Å². The smallest absolute Gasteiger partial charge is 0.319 e. The molecule has 4 fully saturated rings. The van der Waals surface area contributed by atoms with Gasteiger partial charge in [-0.15, -0.1) is 6.42 Å². The lowest BCUT2D eigenvalue weighted by Gasteiger charge is -2.34. The van der Waals surface area contributed by atoms with E-state index < -0.39 is 47.5 Å². The summed E-state index contributed by atoms with van der Waals surface area (Å²) in [6.45, 7) is 9.53. The minimum Gasteiger partial charge on any atom is -0.508 e. The Hall–Kier alpha value is -7.50. The van der Waals surface area contributed by atoms with E-state index in [0.717, 1.165) is 44.3 Å². The number of carbonyl (C=O) groups is 2. The van der Waals surface area contributed by atoms with Crippen LogP contribution in [0.25, 0.3) is 44.1 Å². The van der Waals surface area contributed by atoms with Gasteiger partial charge in [0.15, 0.2) is 11.6 Å². The molecule has 16 nitrogen and oxygen atoms in total. The molecule has 0 radical (unpaired) electrons. The number of hydrogen-bond acceptors (Lipinski definition) is 14. The average Bonchev–Trinajstić information content (AvgIpc) is 4.15. The van der Waals surface area contributed by atoms with E-state index in [9.17, 15) is 24.2 Å². The summed E-state index contributed by atoms with van der Waals surface area (Å²) in [4.78, 5) is 47.9. The fourth-order valence-corrected chi connectivity index (χ4v) is 12.2. The second-order valence-corrected chi connectivity index (χ2v) is 22.2. The number of aromatic hydroxyl groups is 1. The number of aliphatic hydroxyl groups is 1. The Morgan fingerprint density at radius 3 is 2.44 bits per heavy atom. The Balaban J connectivity index is 0.703. The number of anilines is 1. The summed E-state index contributed by atoms with van der Waals surface area (Å²) in [5, 5.41) is 33.6. The number of carbonyl (C=O) groups excluding carboxylic acids is 2. The molecule has 4 saturated heterocycles. The van der Waals surface area contributed by atoms with E-state index in [1.165, 1.54) is 41.4 Å². The lowest BCUT2D eigenvalue weighted by Crippen LogP contribution is -2.51. The Bertz CT molecular complexity index is 3490. The maximum absolute atomic E-state index is 17.1. The summed E-state index contributed by atoms with van der Waals surface area (Å²) in [5.74, 6) is -0.261. The number of rotatable bonds is 16. The molecule has 7 aromatic rings. The predicted octanol–water partition coefficient (Wildman–Crippen LogP) is 8.95. The minimum absolute atomic E-state index is 0.00482. The molecule has 2 bridgehead atoms. The number of terminal acetylenes is 1. The topological polar surface area (TPSA) is 192 Å². The van der Waals surface area contributed by atoms with Crippen molar-refractivity contribution in [2.75, 3.05) is 57.4 Å². The number of piperidine rings is 1. The van der Waals surface area contributed by atoms with Crippen LogP contribution < -0.4 is 25.0 Å². The highest BCUT2D eigenvalue weighted by molar-refractivity contribution is 6.33. The number of phenols is 1. The van der Waals surface area contributed by atoms with Crippen molar-refractivity contribution in [1.29, 1.82) is 0 Å². The van der Waals surface area contributed by atoms with Crippen molar-refractivity contribution in [2.24, 2.45) is 11.8 Å². The quantitative estimate of drug-likeness (QED) is 0.0671.